The van der Waals surface area contributed by atoms with Crippen LogP contribution in [0.3, 0.4) is 0 Å². The second kappa shape index (κ2) is 5.45. The maximum absolute atomic E-state index is 10.2. The minimum absolute atomic E-state index is 0.311. The van der Waals surface area contributed by atoms with Gasteiger partial charge >= 0.3 is 0 Å². The van der Waals surface area contributed by atoms with Gasteiger partial charge in [-0.3, -0.25) is 0 Å². The van der Waals surface area contributed by atoms with E-state index in [4.69, 9.17) is 15.2 Å². The van der Waals surface area contributed by atoms with Gasteiger partial charge in [0, 0.05) is 26.4 Å². The Morgan fingerprint density at radius 2 is 1.94 bits per heavy atom. The van der Waals surface area contributed by atoms with Gasteiger partial charge < -0.3 is 20.3 Å². The summed E-state index contributed by atoms with van der Waals surface area (Å²) in [6.07, 6.45) is 4.33. The van der Waals surface area contributed by atoms with E-state index in [9.17, 15) is 5.11 Å². The van der Waals surface area contributed by atoms with Crippen LogP contribution in [0.1, 0.15) is 25.7 Å². The van der Waals surface area contributed by atoms with E-state index < -0.39 is 5.60 Å². The largest absolute Gasteiger partial charge is 0.386 e. The summed E-state index contributed by atoms with van der Waals surface area (Å²) in [5, 5.41) is 10.2. The van der Waals surface area contributed by atoms with Gasteiger partial charge in [-0.15, -0.1) is 0 Å². The van der Waals surface area contributed by atoms with Crippen LogP contribution in [0.5, 0.6) is 0 Å². The van der Waals surface area contributed by atoms with Crippen molar-refractivity contribution in [2.24, 2.45) is 17.6 Å². The fourth-order valence-electron chi connectivity index (χ4n) is 2.28. The molecule has 1 aliphatic carbocycles. The first-order valence-corrected chi connectivity index (χ1v) is 6.32. The Morgan fingerprint density at radius 1 is 1.25 bits per heavy atom. The molecule has 0 aromatic carbocycles. The zero-order valence-electron chi connectivity index (χ0n) is 9.86. The van der Waals surface area contributed by atoms with Crippen molar-refractivity contribution in [1.29, 1.82) is 0 Å². The van der Waals surface area contributed by atoms with Gasteiger partial charge in [0.1, 0.15) is 5.60 Å². The Labute approximate surface area is 97.1 Å². The van der Waals surface area contributed by atoms with Crippen molar-refractivity contribution in [3.63, 3.8) is 0 Å². The Balaban J connectivity index is 1.65. The van der Waals surface area contributed by atoms with E-state index in [0.29, 0.717) is 25.0 Å². The lowest BCUT2D eigenvalue weighted by atomic mass is 9.99. The van der Waals surface area contributed by atoms with Crippen molar-refractivity contribution in [3.05, 3.63) is 0 Å². The highest BCUT2D eigenvalue weighted by atomic mass is 16.5. The smallest absolute Gasteiger partial charge is 0.103 e. The molecular weight excluding hydrogens is 206 g/mol. The number of hydrogen-bond acceptors (Lipinski definition) is 4. The summed E-state index contributed by atoms with van der Waals surface area (Å²) in [5.74, 6) is 0.960. The van der Waals surface area contributed by atoms with Crippen LogP contribution in [-0.2, 0) is 9.47 Å². The van der Waals surface area contributed by atoms with Gasteiger partial charge in [0.15, 0.2) is 0 Å². The zero-order chi connectivity index (χ0) is 11.4. The van der Waals surface area contributed by atoms with Crippen LogP contribution in [0.25, 0.3) is 0 Å². The van der Waals surface area contributed by atoms with Crippen LogP contribution in [0, 0.1) is 11.8 Å². The van der Waals surface area contributed by atoms with Crippen LogP contribution in [0.15, 0.2) is 0 Å². The molecule has 0 radical (unpaired) electrons. The van der Waals surface area contributed by atoms with Crippen LogP contribution in [-0.4, -0.2) is 43.7 Å². The van der Waals surface area contributed by atoms with Crippen LogP contribution in [0.2, 0.25) is 0 Å². The summed E-state index contributed by atoms with van der Waals surface area (Å²) in [4.78, 5) is 0. The van der Waals surface area contributed by atoms with Gasteiger partial charge in [-0.1, -0.05) is 0 Å². The third-order valence-corrected chi connectivity index (χ3v) is 3.74. The number of hydrogen-bond donors (Lipinski definition) is 2. The monoisotopic (exact) mass is 229 g/mol. The lowest BCUT2D eigenvalue weighted by Crippen LogP contribution is -2.45. The molecule has 1 atom stereocenters. The van der Waals surface area contributed by atoms with Crippen molar-refractivity contribution in [2.75, 3.05) is 33.0 Å². The van der Waals surface area contributed by atoms with Crippen molar-refractivity contribution in [1.82, 2.24) is 0 Å². The van der Waals surface area contributed by atoms with Gasteiger partial charge in [0.05, 0.1) is 6.61 Å². The van der Waals surface area contributed by atoms with Crippen molar-refractivity contribution < 1.29 is 14.6 Å². The molecule has 16 heavy (non-hydrogen) atoms. The molecule has 1 aliphatic heterocycles. The Bertz CT molecular complexity index is 214. The fraction of sp³-hybridized carbons (Fsp3) is 1.00. The Kier molecular flexibility index (Phi) is 4.19. The second-order valence-corrected chi connectivity index (χ2v) is 5.15. The van der Waals surface area contributed by atoms with E-state index in [1.165, 1.54) is 0 Å². The zero-order valence-corrected chi connectivity index (χ0v) is 9.86. The molecular formula is C12H23NO3. The normalized spacial score (nSPS) is 26.6. The first-order valence-electron chi connectivity index (χ1n) is 6.32. The fourth-order valence-corrected chi connectivity index (χ4v) is 2.28. The summed E-state index contributed by atoms with van der Waals surface area (Å²) < 4.78 is 10.9. The summed E-state index contributed by atoms with van der Waals surface area (Å²) in [5.41, 5.74) is 4.84. The lowest BCUT2D eigenvalue weighted by molar-refractivity contribution is -0.0699. The minimum Gasteiger partial charge on any atom is -0.386 e. The van der Waals surface area contributed by atoms with Gasteiger partial charge in [-0.2, -0.15) is 0 Å². The number of rotatable bonds is 6. The predicted molar refractivity (Wildman–Crippen MR) is 61.1 cm³/mol. The molecule has 3 N–H and O–H groups in total. The molecule has 0 aromatic rings. The quantitative estimate of drug-likeness (QED) is 0.697. The summed E-state index contributed by atoms with van der Waals surface area (Å²) in [6.45, 7) is 3.13. The average Bonchev–Trinajstić information content (AvgIpc) is 3.14. The van der Waals surface area contributed by atoms with E-state index in [2.05, 4.69) is 0 Å². The van der Waals surface area contributed by atoms with E-state index in [-0.39, 0.29) is 0 Å². The molecule has 2 fully saturated rings. The molecule has 2 aliphatic rings. The molecule has 0 spiro atoms. The molecule has 1 heterocycles. The molecule has 0 bridgehead atoms. The van der Waals surface area contributed by atoms with Crippen molar-refractivity contribution in [2.45, 2.75) is 31.3 Å². The lowest BCUT2D eigenvalue weighted by Gasteiger charge is -2.28. The molecule has 94 valence electrons. The summed E-state index contributed by atoms with van der Waals surface area (Å²) in [7, 11) is 0. The third kappa shape index (κ3) is 3.17. The number of nitrogens with two attached hydrogens (primary N) is 1. The minimum atomic E-state index is -0.773. The van der Waals surface area contributed by atoms with Gasteiger partial charge in [-0.25, -0.2) is 0 Å². The number of aliphatic hydroxyl groups is 1. The highest BCUT2D eigenvalue weighted by molar-refractivity contribution is 4.95. The van der Waals surface area contributed by atoms with Gasteiger partial charge in [0.2, 0.25) is 0 Å². The Morgan fingerprint density at radius 3 is 2.50 bits per heavy atom. The topological polar surface area (TPSA) is 64.7 Å². The molecule has 2 rings (SSSR count). The number of ether oxygens (including phenoxy) is 2. The molecule has 1 saturated carbocycles. The SMILES string of the molecule is NCC(O)(COCC1CCOCC1)C1CC1. The molecule has 1 saturated heterocycles. The third-order valence-electron chi connectivity index (χ3n) is 3.74. The van der Waals surface area contributed by atoms with Crippen LogP contribution < -0.4 is 5.73 Å². The van der Waals surface area contributed by atoms with Gasteiger partial charge in [0.25, 0.3) is 0 Å². The second-order valence-electron chi connectivity index (χ2n) is 5.15. The first-order chi connectivity index (χ1) is 7.74. The molecule has 4 nitrogen and oxygen atoms in total. The van der Waals surface area contributed by atoms with E-state index in [1.807, 2.05) is 0 Å². The van der Waals surface area contributed by atoms with Crippen LogP contribution in [0.4, 0.5) is 0 Å². The highest BCUT2D eigenvalue weighted by Gasteiger charge is 2.43. The molecule has 4 heteroatoms. The first kappa shape index (κ1) is 12.3. The molecule has 1 unspecified atom stereocenters. The van der Waals surface area contributed by atoms with Crippen molar-refractivity contribution in [3.8, 4) is 0 Å². The highest BCUT2D eigenvalue weighted by Crippen LogP contribution is 2.39. The summed E-state index contributed by atoms with van der Waals surface area (Å²) >= 11 is 0. The predicted octanol–water partition coefficient (Wildman–Crippen LogP) is 0.529. The van der Waals surface area contributed by atoms with Gasteiger partial charge in [-0.05, 0) is 37.5 Å². The van der Waals surface area contributed by atoms with E-state index >= 15 is 0 Å². The maximum Gasteiger partial charge on any atom is 0.103 e. The Hall–Kier alpha value is -0.160. The van der Waals surface area contributed by atoms with Crippen molar-refractivity contribution >= 4 is 0 Å². The average molecular weight is 229 g/mol. The standard InChI is InChI=1S/C12H23NO3/c13-8-12(14,11-1-2-11)9-16-7-10-3-5-15-6-4-10/h10-11,14H,1-9,13H2. The molecule has 0 amide bonds. The maximum atomic E-state index is 10.2. The van der Waals surface area contributed by atoms with Crippen LogP contribution >= 0.6 is 0 Å². The molecule has 0 aromatic heterocycles. The van der Waals surface area contributed by atoms with E-state index in [1.54, 1.807) is 0 Å². The summed E-state index contributed by atoms with van der Waals surface area (Å²) in [6, 6.07) is 0. The van der Waals surface area contributed by atoms with E-state index in [0.717, 1.165) is 45.5 Å².